The Morgan fingerprint density at radius 3 is 2.56 bits per heavy atom. The average molecular weight is 379 g/mol. The van der Waals surface area contributed by atoms with Crippen LogP contribution in [0.5, 0.6) is 0 Å². The number of benzene rings is 1. The SMILES string of the molecule is CCCCCC1CCC(c2nnc(SCc3ccc(Cl)cc3)o2)CC1. The van der Waals surface area contributed by atoms with E-state index in [-0.39, 0.29) is 0 Å². The molecule has 0 radical (unpaired) electrons. The van der Waals surface area contributed by atoms with Crippen molar-refractivity contribution >= 4 is 23.4 Å². The maximum Gasteiger partial charge on any atom is 0.276 e. The van der Waals surface area contributed by atoms with Gasteiger partial charge in [0, 0.05) is 16.7 Å². The zero-order valence-corrected chi connectivity index (χ0v) is 16.5. The molecule has 0 N–H and O–H groups in total. The van der Waals surface area contributed by atoms with Crippen LogP contribution in [0.3, 0.4) is 0 Å². The lowest BCUT2D eigenvalue weighted by Gasteiger charge is -2.26. The van der Waals surface area contributed by atoms with Gasteiger partial charge in [0.25, 0.3) is 5.22 Å². The lowest BCUT2D eigenvalue weighted by atomic mass is 9.80. The average Bonchev–Trinajstić information content (AvgIpc) is 3.11. The van der Waals surface area contributed by atoms with Gasteiger partial charge in [-0.15, -0.1) is 10.2 Å². The third kappa shape index (κ3) is 5.75. The van der Waals surface area contributed by atoms with Gasteiger partial charge in [0.2, 0.25) is 5.89 Å². The van der Waals surface area contributed by atoms with E-state index in [2.05, 4.69) is 17.1 Å². The van der Waals surface area contributed by atoms with Gasteiger partial charge in [0.15, 0.2) is 0 Å². The molecule has 1 fully saturated rings. The Kier molecular flexibility index (Phi) is 7.23. The topological polar surface area (TPSA) is 38.9 Å². The van der Waals surface area contributed by atoms with Crippen molar-refractivity contribution < 1.29 is 4.42 Å². The Morgan fingerprint density at radius 1 is 1.08 bits per heavy atom. The number of aromatic nitrogens is 2. The van der Waals surface area contributed by atoms with E-state index < -0.39 is 0 Å². The number of unbranched alkanes of at least 4 members (excludes halogenated alkanes) is 2. The van der Waals surface area contributed by atoms with Crippen molar-refractivity contribution in [3.8, 4) is 0 Å². The molecule has 3 nitrogen and oxygen atoms in total. The molecule has 0 atom stereocenters. The van der Waals surface area contributed by atoms with Crippen molar-refractivity contribution in [1.82, 2.24) is 10.2 Å². The van der Waals surface area contributed by atoms with Crippen molar-refractivity contribution in [1.29, 1.82) is 0 Å². The normalized spacial score (nSPS) is 20.7. The Bertz CT molecular complexity index is 635. The van der Waals surface area contributed by atoms with Crippen LogP contribution in [-0.4, -0.2) is 10.2 Å². The summed E-state index contributed by atoms with van der Waals surface area (Å²) in [7, 11) is 0. The van der Waals surface area contributed by atoms with Gasteiger partial charge in [-0.3, -0.25) is 0 Å². The standard InChI is InChI=1S/C20H27ClN2OS/c1-2-3-4-5-15-6-10-17(11-7-15)19-22-23-20(24-19)25-14-16-8-12-18(21)13-9-16/h8-9,12-13,15,17H,2-7,10-11,14H2,1H3. The zero-order chi connectivity index (χ0) is 17.5. The van der Waals surface area contributed by atoms with Crippen molar-refractivity contribution in [2.24, 2.45) is 5.92 Å². The molecular formula is C20H27ClN2OS. The fourth-order valence-corrected chi connectivity index (χ4v) is 4.40. The summed E-state index contributed by atoms with van der Waals surface area (Å²) in [6.07, 6.45) is 10.5. The number of nitrogens with zero attached hydrogens (tertiary/aromatic N) is 2. The molecule has 1 aliphatic carbocycles. The van der Waals surface area contributed by atoms with Gasteiger partial charge < -0.3 is 4.42 Å². The first kappa shape index (κ1) is 18.8. The molecule has 3 rings (SSSR count). The minimum Gasteiger partial charge on any atom is -0.416 e. The second-order valence-electron chi connectivity index (χ2n) is 7.03. The van der Waals surface area contributed by atoms with Gasteiger partial charge in [-0.2, -0.15) is 0 Å². The van der Waals surface area contributed by atoms with E-state index in [9.17, 15) is 0 Å². The maximum atomic E-state index is 5.92. The third-order valence-electron chi connectivity index (χ3n) is 5.11. The zero-order valence-electron chi connectivity index (χ0n) is 14.9. The van der Waals surface area contributed by atoms with Gasteiger partial charge in [-0.25, -0.2) is 0 Å². The molecular weight excluding hydrogens is 352 g/mol. The molecule has 1 aromatic carbocycles. The van der Waals surface area contributed by atoms with Crippen LogP contribution in [0.15, 0.2) is 33.9 Å². The lowest BCUT2D eigenvalue weighted by Crippen LogP contribution is -2.13. The van der Waals surface area contributed by atoms with Crippen molar-refractivity contribution in [2.45, 2.75) is 75.2 Å². The third-order valence-corrected chi connectivity index (χ3v) is 6.25. The van der Waals surface area contributed by atoms with E-state index >= 15 is 0 Å². The highest BCUT2D eigenvalue weighted by Crippen LogP contribution is 2.38. The van der Waals surface area contributed by atoms with Crippen LogP contribution in [0.2, 0.25) is 5.02 Å². The molecule has 1 aromatic heterocycles. The van der Waals surface area contributed by atoms with Crippen molar-refractivity contribution in [2.75, 3.05) is 0 Å². The minimum atomic E-state index is 0.458. The first-order valence-corrected chi connectivity index (χ1v) is 10.8. The first-order chi connectivity index (χ1) is 12.2. The monoisotopic (exact) mass is 378 g/mol. The van der Waals surface area contributed by atoms with Crippen LogP contribution in [0.4, 0.5) is 0 Å². The second-order valence-corrected chi connectivity index (χ2v) is 8.40. The minimum absolute atomic E-state index is 0.458. The van der Waals surface area contributed by atoms with Gasteiger partial charge in [0.05, 0.1) is 0 Å². The van der Waals surface area contributed by atoms with E-state index in [4.69, 9.17) is 16.0 Å². The molecule has 1 aliphatic rings. The Labute approximate surface area is 159 Å². The molecule has 0 aliphatic heterocycles. The lowest BCUT2D eigenvalue weighted by molar-refractivity contribution is 0.267. The van der Waals surface area contributed by atoms with Crippen LogP contribution in [0, 0.1) is 5.92 Å². The molecule has 0 spiro atoms. The molecule has 2 aromatic rings. The number of thioether (sulfide) groups is 1. The predicted molar refractivity (Wildman–Crippen MR) is 104 cm³/mol. The van der Waals surface area contributed by atoms with Gasteiger partial charge in [-0.1, -0.05) is 68.1 Å². The van der Waals surface area contributed by atoms with Gasteiger partial charge >= 0.3 is 0 Å². The largest absolute Gasteiger partial charge is 0.416 e. The fourth-order valence-electron chi connectivity index (χ4n) is 3.55. The summed E-state index contributed by atoms with van der Waals surface area (Å²) in [5.41, 5.74) is 1.21. The molecule has 0 bridgehead atoms. The first-order valence-electron chi connectivity index (χ1n) is 9.45. The molecule has 25 heavy (non-hydrogen) atoms. The summed E-state index contributed by atoms with van der Waals surface area (Å²) in [4.78, 5) is 0. The Hall–Kier alpha value is -1.00. The highest BCUT2D eigenvalue weighted by atomic mass is 35.5. The number of rotatable bonds is 8. The molecule has 1 heterocycles. The summed E-state index contributed by atoms with van der Waals surface area (Å²) in [6.45, 7) is 2.27. The number of hydrogen-bond acceptors (Lipinski definition) is 4. The van der Waals surface area contributed by atoms with Crippen LogP contribution in [-0.2, 0) is 5.75 Å². The van der Waals surface area contributed by atoms with Crippen LogP contribution in [0.1, 0.15) is 75.7 Å². The van der Waals surface area contributed by atoms with Crippen molar-refractivity contribution in [3.05, 3.63) is 40.7 Å². The van der Waals surface area contributed by atoms with Crippen LogP contribution < -0.4 is 0 Å². The summed E-state index contributed by atoms with van der Waals surface area (Å²) in [5, 5.41) is 9.97. The van der Waals surface area contributed by atoms with E-state index in [0.29, 0.717) is 11.1 Å². The van der Waals surface area contributed by atoms with Crippen LogP contribution in [0.25, 0.3) is 0 Å². The number of hydrogen-bond donors (Lipinski definition) is 0. The number of halogens is 1. The van der Waals surface area contributed by atoms with Gasteiger partial charge in [-0.05, 0) is 49.3 Å². The summed E-state index contributed by atoms with van der Waals surface area (Å²) < 4.78 is 5.92. The molecule has 0 saturated heterocycles. The highest BCUT2D eigenvalue weighted by Gasteiger charge is 2.26. The fraction of sp³-hybridized carbons (Fsp3) is 0.600. The van der Waals surface area contributed by atoms with Crippen LogP contribution >= 0.6 is 23.4 Å². The predicted octanol–water partition coefficient (Wildman–Crippen LogP) is 6.87. The van der Waals surface area contributed by atoms with Gasteiger partial charge in [0.1, 0.15) is 0 Å². The Balaban J connectivity index is 1.45. The van der Waals surface area contributed by atoms with E-state index in [1.54, 1.807) is 11.8 Å². The Morgan fingerprint density at radius 2 is 1.84 bits per heavy atom. The molecule has 5 heteroatoms. The highest BCUT2D eigenvalue weighted by molar-refractivity contribution is 7.98. The molecule has 136 valence electrons. The summed E-state index contributed by atoms with van der Waals surface area (Å²) >= 11 is 7.51. The molecule has 0 amide bonds. The quantitative estimate of drug-likeness (QED) is 0.371. The van der Waals surface area contributed by atoms with E-state index in [1.165, 1.54) is 56.9 Å². The maximum absolute atomic E-state index is 5.92. The smallest absolute Gasteiger partial charge is 0.276 e. The molecule has 1 saturated carbocycles. The van der Waals surface area contributed by atoms with E-state index in [1.807, 2.05) is 24.3 Å². The molecule has 0 unspecified atom stereocenters. The summed E-state index contributed by atoms with van der Waals surface area (Å²) in [6, 6.07) is 7.89. The summed E-state index contributed by atoms with van der Waals surface area (Å²) in [5.74, 6) is 3.03. The van der Waals surface area contributed by atoms with Crippen molar-refractivity contribution in [3.63, 3.8) is 0 Å². The second kappa shape index (κ2) is 9.63. The van der Waals surface area contributed by atoms with E-state index in [0.717, 1.165) is 22.6 Å².